The molecule has 0 fully saturated rings. The molecular weight excluding hydrogens is 222 g/mol. The van der Waals surface area contributed by atoms with Crippen LogP contribution in [0.5, 0.6) is 0 Å². The van der Waals surface area contributed by atoms with Crippen LogP contribution in [0.15, 0.2) is 24.4 Å². The van der Waals surface area contributed by atoms with Crippen LogP contribution in [0, 0.1) is 0 Å². The van der Waals surface area contributed by atoms with E-state index in [0.29, 0.717) is 5.69 Å². The number of anilines is 2. The van der Waals surface area contributed by atoms with Crippen molar-refractivity contribution in [3.63, 3.8) is 0 Å². The normalized spacial score (nSPS) is 11.8. The highest BCUT2D eigenvalue weighted by Crippen LogP contribution is 2.32. The summed E-state index contributed by atoms with van der Waals surface area (Å²) in [5.74, 6) is 0. The molecule has 0 aliphatic rings. The van der Waals surface area contributed by atoms with Gasteiger partial charge in [0.1, 0.15) is 0 Å². The molecule has 1 aromatic carbocycles. The molecule has 3 N–H and O–H groups in total. The second kappa shape index (κ2) is 4.48. The average molecular weight is 243 g/mol. The average Bonchev–Trinajstić information content (AvgIpc) is 2.31. The van der Waals surface area contributed by atoms with Crippen molar-refractivity contribution in [2.75, 3.05) is 17.6 Å². The number of pyridine rings is 1. The van der Waals surface area contributed by atoms with Crippen LogP contribution < -0.4 is 11.1 Å². The lowest BCUT2D eigenvalue weighted by molar-refractivity contribution is 0.591. The maximum absolute atomic E-state index is 6.01. The maximum Gasteiger partial charge on any atom is 0.0743 e. The van der Waals surface area contributed by atoms with Gasteiger partial charge in [0.2, 0.25) is 0 Å². The minimum Gasteiger partial charge on any atom is -0.396 e. The van der Waals surface area contributed by atoms with Gasteiger partial charge < -0.3 is 11.1 Å². The van der Waals surface area contributed by atoms with Crippen LogP contribution in [0.3, 0.4) is 0 Å². The van der Waals surface area contributed by atoms with Gasteiger partial charge in [0.05, 0.1) is 23.1 Å². The summed E-state index contributed by atoms with van der Waals surface area (Å²) >= 11 is 0. The molecule has 2 rings (SSSR count). The van der Waals surface area contributed by atoms with Crippen LogP contribution in [0.4, 0.5) is 11.4 Å². The summed E-state index contributed by atoms with van der Waals surface area (Å²) in [6.45, 7) is 9.55. The topological polar surface area (TPSA) is 50.9 Å². The Hall–Kier alpha value is -1.77. The van der Waals surface area contributed by atoms with Crippen molar-refractivity contribution in [2.45, 2.75) is 33.1 Å². The van der Waals surface area contributed by atoms with E-state index >= 15 is 0 Å². The van der Waals surface area contributed by atoms with Crippen molar-refractivity contribution in [1.29, 1.82) is 0 Å². The highest BCUT2D eigenvalue weighted by molar-refractivity contribution is 5.97. The lowest BCUT2D eigenvalue weighted by atomic mass is 9.86. The quantitative estimate of drug-likeness (QED) is 0.848. The Kier molecular flexibility index (Phi) is 3.16. The third-order valence-corrected chi connectivity index (χ3v) is 3.12. The lowest BCUT2D eigenvalue weighted by Gasteiger charge is -2.20. The smallest absolute Gasteiger partial charge is 0.0743 e. The molecule has 0 aliphatic carbocycles. The van der Waals surface area contributed by atoms with E-state index < -0.39 is 0 Å². The Balaban J connectivity index is 2.69. The van der Waals surface area contributed by atoms with Crippen LogP contribution in [0.25, 0.3) is 10.9 Å². The van der Waals surface area contributed by atoms with E-state index in [2.05, 4.69) is 56.2 Å². The molecule has 0 bridgehead atoms. The summed E-state index contributed by atoms with van der Waals surface area (Å²) in [6.07, 6.45) is 1.72. The lowest BCUT2D eigenvalue weighted by Crippen LogP contribution is -2.11. The minimum absolute atomic E-state index is 0.127. The summed E-state index contributed by atoms with van der Waals surface area (Å²) in [5.41, 5.74) is 10.1. The van der Waals surface area contributed by atoms with Crippen LogP contribution in [0.1, 0.15) is 33.3 Å². The van der Waals surface area contributed by atoms with Gasteiger partial charge in [0.15, 0.2) is 0 Å². The highest BCUT2D eigenvalue weighted by atomic mass is 14.9. The molecule has 0 atom stereocenters. The van der Waals surface area contributed by atoms with E-state index in [9.17, 15) is 0 Å². The minimum atomic E-state index is 0.127. The van der Waals surface area contributed by atoms with Crippen LogP contribution in [-0.4, -0.2) is 11.5 Å². The van der Waals surface area contributed by atoms with Gasteiger partial charge in [-0.15, -0.1) is 0 Å². The van der Waals surface area contributed by atoms with Crippen LogP contribution in [-0.2, 0) is 5.41 Å². The number of nitrogens with two attached hydrogens (primary N) is 1. The molecule has 0 radical (unpaired) electrons. The molecule has 0 spiro atoms. The molecular formula is C15H21N3. The molecule has 0 amide bonds. The number of fused-ring (bicyclic) bond motifs is 1. The predicted molar refractivity (Wildman–Crippen MR) is 79.0 cm³/mol. The summed E-state index contributed by atoms with van der Waals surface area (Å²) in [6, 6.07) is 6.40. The molecule has 2 aromatic rings. The zero-order valence-electron chi connectivity index (χ0n) is 11.5. The van der Waals surface area contributed by atoms with E-state index in [1.54, 1.807) is 6.20 Å². The Labute approximate surface area is 108 Å². The van der Waals surface area contributed by atoms with Gasteiger partial charge in [0.25, 0.3) is 0 Å². The van der Waals surface area contributed by atoms with E-state index in [4.69, 9.17) is 5.73 Å². The summed E-state index contributed by atoms with van der Waals surface area (Å²) < 4.78 is 0. The number of nitrogen functional groups attached to an aromatic ring is 1. The number of benzene rings is 1. The van der Waals surface area contributed by atoms with Crippen molar-refractivity contribution in [3.8, 4) is 0 Å². The molecule has 0 unspecified atom stereocenters. The van der Waals surface area contributed by atoms with Crippen molar-refractivity contribution in [1.82, 2.24) is 4.98 Å². The molecule has 0 saturated heterocycles. The van der Waals surface area contributed by atoms with E-state index in [1.807, 2.05) is 0 Å². The summed E-state index contributed by atoms with van der Waals surface area (Å²) in [5, 5.41) is 4.43. The SMILES string of the molecule is CCNc1c(N)cnc2ccc(C(C)(C)C)cc12. The second-order valence-electron chi connectivity index (χ2n) is 5.60. The third-order valence-electron chi connectivity index (χ3n) is 3.12. The fourth-order valence-corrected chi connectivity index (χ4v) is 2.05. The highest BCUT2D eigenvalue weighted by Gasteiger charge is 2.15. The first kappa shape index (κ1) is 12.7. The Morgan fingerprint density at radius 2 is 2.00 bits per heavy atom. The second-order valence-corrected chi connectivity index (χ2v) is 5.60. The van der Waals surface area contributed by atoms with Gasteiger partial charge in [-0.1, -0.05) is 26.8 Å². The van der Waals surface area contributed by atoms with Gasteiger partial charge in [-0.25, -0.2) is 0 Å². The van der Waals surface area contributed by atoms with Gasteiger partial charge in [-0.2, -0.15) is 0 Å². The molecule has 0 aliphatic heterocycles. The zero-order chi connectivity index (χ0) is 13.3. The van der Waals surface area contributed by atoms with E-state index in [1.165, 1.54) is 5.56 Å². The Bertz CT molecular complexity index is 568. The molecule has 0 saturated carbocycles. The molecule has 96 valence electrons. The molecule has 18 heavy (non-hydrogen) atoms. The Morgan fingerprint density at radius 1 is 1.28 bits per heavy atom. The van der Waals surface area contributed by atoms with Gasteiger partial charge in [0, 0.05) is 11.9 Å². The first-order chi connectivity index (χ1) is 8.43. The number of nitrogens with zero attached hydrogens (tertiary/aromatic N) is 1. The van der Waals surface area contributed by atoms with Gasteiger partial charge in [-0.3, -0.25) is 4.98 Å². The van der Waals surface area contributed by atoms with Crippen molar-refractivity contribution >= 4 is 22.3 Å². The molecule has 3 nitrogen and oxygen atoms in total. The van der Waals surface area contributed by atoms with E-state index in [-0.39, 0.29) is 5.41 Å². The maximum atomic E-state index is 6.01. The van der Waals surface area contributed by atoms with Crippen LogP contribution >= 0.6 is 0 Å². The van der Waals surface area contributed by atoms with E-state index in [0.717, 1.165) is 23.1 Å². The van der Waals surface area contributed by atoms with Crippen molar-refractivity contribution < 1.29 is 0 Å². The number of hydrogen-bond acceptors (Lipinski definition) is 3. The first-order valence-electron chi connectivity index (χ1n) is 6.36. The monoisotopic (exact) mass is 243 g/mol. The van der Waals surface area contributed by atoms with Crippen LogP contribution in [0.2, 0.25) is 0 Å². The number of rotatable bonds is 2. The largest absolute Gasteiger partial charge is 0.396 e. The fourth-order valence-electron chi connectivity index (χ4n) is 2.05. The third kappa shape index (κ3) is 2.26. The van der Waals surface area contributed by atoms with Crippen molar-refractivity contribution in [3.05, 3.63) is 30.0 Å². The molecule has 3 heteroatoms. The summed E-state index contributed by atoms with van der Waals surface area (Å²) in [7, 11) is 0. The van der Waals surface area contributed by atoms with Gasteiger partial charge >= 0.3 is 0 Å². The number of aromatic nitrogens is 1. The summed E-state index contributed by atoms with van der Waals surface area (Å²) in [4.78, 5) is 4.38. The molecule has 1 heterocycles. The first-order valence-corrected chi connectivity index (χ1v) is 6.36. The Morgan fingerprint density at radius 3 is 2.61 bits per heavy atom. The predicted octanol–water partition coefficient (Wildman–Crippen LogP) is 3.55. The zero-order valence-corrected chi connectivity index (χ0v) is 11.5. The fraction of sp³-hybridized carbons (Fsp3) is 0.400. The number of hydrogen-bond donors (Lipinski definition) is 2. The number of nitrogens with one attached hydrogen (secondary N) is 1. The standard InChI is InChI=1S/C15H21N3/c1-5-17-14-11-8-10(15(2,3)4)6-7-13(11)18-9-12(14)16/h6-9H,5,16H2,1-4H3,(H,17,18). The molecule has 1 aromatic heterocycles. The van der Waals surface area contributed by atoms with Crippen molar-refractivity contribution in [2.24, 2.45) is 0 Å². The van der Waals surface area contributed by atoms with Gasteiger partial charge in [-0.05, 0) is 30.0 Å².